The molecular formula is C15H17F3N4O. The number of aliphatic hydroxyl groups excluding tert-OH is 1. The lowest BCUT2D eigenvalue weighted by Gasteiger charge is -2.24. The average Bonchev–Trinajstić information content (AvgIpc) is 3.05. The summed E-state index contributed by atoms with van der Waals surface area (Å²) in [6, 6.07) is 5.00. The summed E-state index contributed by atoms with van der Waals surface area (Å²) in [6.07, 6.45) is -2.76. The van der Waals surface area contributed by atoms with Crippen LogP contribution in [0.15, 0.2) is 30.6 Å². The van der Waals surface area contributed by atoms with E-state index in [4.69, 9.17) is 0 Å². The molecule has 0 radical (unpaired) electrons. The highest BCUT2D eigenvalue weighted by Gasteiger charge is 2.34. The van der Waals surface area contributed by atoms with Gasteiger partial charge in [-0.15, -0.1) is 10.2 Å². The summed E-state index contributed by atoms with van der Waals surface area (Å²) in [5.41, 5.74) is 0.0939. The normalized spacial score (nSPS) is 22.7. The van der Waals surface area contributed by atoms with Crippen molar-refractivity contribution in [2.24, 2.45) is 7.05 Å². The summed E-state index contributed by atoms with van der Waals surface area (Å²) in [5.74, 6) is 0.746. The number of aliphatic hydroxyl groups is 1. The number of benzene rings is 1. The summed E-state index contributed by atoms with van der Waals surface area (Å²) in [4.78, 5) is 2.01. The van der Waals surface area contributed by atoms with Gasteiger partial charge in [-0.2, -0.15) is 13.2 Å². The van der Waals surface area contributed by atoms with Crippen molar-refractivity contribution in [3.8, 4) is 0 Å². The Balaban J connectivity index is 1.80. The highest BCUT2D eigenvalue weighted by Crippen LogP contribution is 2.35. The van der Waals surface area contributed by atoms with Crippen LogP contribution in [0.1, 0.15) is 29.4 Å². The number of rotatable bonds is 3. The fourth-order valence-corrected chi connectivity index (χ4v) is 2.93. The number of alkyl halides is 3. The van der Waals surface area contributed by atoms with Crippen molar-refractivity contribution in [3.05, 3.63) is 47.5 Å². The van der Waals surface area contributed by atoms with E-state index in [0.29, 0.717) is 19.5 Å². The van der Waals surface area contributed by atoms with Crippen LogP contribution >= 0.6 is 0 Å². The number of hydrogen-bond acceptors (Lipinski definition) is 4. The topological polar surface area (TPSA) is 54.2 Å². The smallest absolute Gasteiger partial charge is 0.392 e. The number of halogens is 3. The summed E-state index contributed by atoms with van der Waals surface area (Å²) >= 11 is 0. The van der Waals surface area contributed by atoms with E-state index in [1.807, 2.05) is 11.9 Å². The second-order valence-electron chi connectivity index (χ2n) is 5.81. The zero-order chi connectivity index (χ0) is 16.6. The van der Waals surface area contributed by atoms with Crippen molar-refractivity contribution in [2.75, 3.05) is 6.54 Å². The first kappa shape index (κ1) is 15.9. The average molecular weight is 326 g/mol. The second-order valence-corrected chi connectivity index (χ2v) is 5.81. The zero-order valence-electron chi connectivity index (χ0n) is 12.5. The number of aryl methyl sites for hydroxylation is 1. The molecule has 2 atom stereocenters. The molecule has 23 heavy (non-hydrogen) atoms. The van der Waals surface area contributed by atoms with Gasteiger partial charge in [0.2, 0.25) is 0 Å². The lowest BCUT2D eigenvalue weighted by molar-refractivity contribution is -0.137. The molecular weight excluding hydrogens is 309 g/mol. The standard InChI is InChI=1S/C15H17F3N4O/c1-21-9-19-20-14(21)8-22-7-12(23)6-13(22)10-2-4-11(5-3-10)15(16,17)18/h2-5,9,12-13,23H,6-8H2,1H3/t12-,13-/m0/s1. The Morgan fingerprint density at radius 1 is 1.26 bits per heavy atom. The van der Waals surface area contributed by atoms with Gasteiger partial charge in [-0.3, -0.25) is 4.90 Å². The first-order chi connectivity index (χ1) is 10.8. The highest BCUT2D eigenvalue weighted by atomic mass is 19.4. The van der Waals surface area contributed by atoms with Gasteiger partial charge in [-0.25, -0.2) is 0 Å². The third-order valence-corrected chi connectivity index (χ3v) is 4.15. The number of hydrogen-bond donors (Lipinski definition) is 1. The minimum absolute atomic E-state index is 0.135. The predicted molar refractivity (Wildman–Crippen MR) is 76.2 cm³/mol. The van der Waals surface area contributed by atoms with Crippen molar-refractivity contribution in [1.29, 1.82) is 0 Å². The molecule has 1 aliphatic rings. The highest BCUT2D eigenvalue weighted by molar-refractivity contribution is 5.27. The largest absolute Gasteiger partial charge is 0.416 e. The van der Waals surface area contributed by atoms with Crippen molar-refractivity contribution in [1.82, 2.24) is 19.7 Å². The van der Waals surface area contributed by atoms with Crippen LogP contribution in [-0.2, 0) is 19.8 Å². The summed E-state index contributed by atoms with van der Waals surface area (Å²) < 4.78 is 39.8. The van der Waals surface area contributed by atoms with Crippen molar-refractivity contribution in [3.63, 3.8) is 0 Å². The van der Waals surface area contributed by atoms with Crippen LogP contribution in [0.5, 0.6) is 0 Å². The molecule has 0 spiro atoms. The molecule has 1 N–H and O–H groups in total. The first-order valence-electron chi connectivity index (χ1n) is 7.26. The Hall–Kier alpha value is -1.93. The maximum Gasteiger partial charge on any atom is 0.416 e. The van der Waals surface area contributed by atoms with Gasteiger partial charge < -0.3 is 9.67 Å². The van der Waals surface area contributed by atoms with Crippen LogP contribution in [0, 0.1) is 0 Å². The van der Waals surface area contributed by atoms with Gasteiger partial charge in [0.25, 0.3) is 0 Å². The molecule has 1 fully saturated rings. The Kier molecular flexibility index (Phi) is 4.11. The molecule has 1 aromatic carbocycles. The van der Waals surface area contributed by atoms with Gasteiger partial charge >= 0.3 is 6.18 Å². The molecule has 2 aromatic rings. The van der Waals surface area contributed by atoms with Crippen LogP contribution < -0.4 is 0 Å². The van der Waals surface area contributed by atoms with E-state index in [1.54, 1.807) is 10.9 Å². The first-order valence-corrected chi connectivity index (χ1v) is 7.26. The Bertz CT molecular complexity index is 668. The van der Waals surface area contributed by atoms with Gasteiger partial charge in [0.1, 0.15) is 12.2 Å². The van der Waals surface area contributed by atoms with Crippen molar-refractivity contribution >= 4 is 0 Å². The zero-order valence-corrected chi connectivity index (χ0v) is 12.5. The summed E-state index contributed by atoms with van der Waals surface area (Å²) in [7, 11) is 1.83. The Morgan fingerprint density at radius 2 is 1.96 bits per heavy atom. The van der Waals surface area contributed by atoms with Crippen molar-refractivity contribution < 1.29 is 18.3 Å². The van der Waals surface area contributed by atoms with E-state index >= 15 is 0 Å². The van der Waals surface area contributed by atoms with Crippen LogP contribution in [0.2, 0.25) is 0 Å². The van der Waals surface area contributed by atoms with E-state index < -0.39 is 17.8 Å². The molecule has 0 amide bonds. The molecule has 8 heteroatoms. The van der Waals surface area contributed by atoms with Gasteiger partial charge in [-0.05, 0) is 24.1 Å². The van der Waals surface area contributed by atoms with E-state index in [1.165, 1.54) is 12.1 Å². The van der Waals surface area contributed by atoms with Gasteiger partial charge in [-0.1, -0.05) is 12.1 Å². The maximum absolute atomic E-state index is 12.7. The molecule has 0 saturated carbocycles. The van der Waals surface area contributed by atoms with E-state index in [0.717, 1.165) is 23.5 Å². The third-order valence-electron chi connectivity index (χ3n) is 4.15. The fraction of sp³-hybridized carbons (Fsp3) is 0.467. The second kappa shape index (κ2) is 5.93. The van der Waals surface area contributed by atoms with Gasteiger partial charge in [0.15, 0.2) is 0 Å². The van der Waals surface area contributed by atoms with E-state index in [2.05, 4.69) is 10.2 Å². The molecule has 124 valence electrons. The Labute approximate surface area is 131 Å². The lowest BCUT2D eigenvalue weighted by Crippen LogP contribution is -2.26. The molecule has 0 aliphatic carbocycles. The van der Waals surface area contributed by atoms with Crippen LogP contribution in [0.3, 0.4) is 0 Å². The van der Waals surface area contributed by atoms with Crippen LogP contribution in [0.25, 0.3) is 0 Å². The van der Waals surface area contributed by atoms with E-state index in [-0.39, 0.29) is 6.04 Å². The number of likely N-dealkylation sites (tertiary alicyclic amines) is 1. The van der Waals surface area contributed by atoms with Crippen molar-refractivity contribution in [2.45, 2.75) is 31.3 Å². The fourth-order valence-electron chi connectivity index (χ4n) is 2.93. The molecule has 3 rings (SSSR count). The minimum Gasteiger partial charge on any atom is -0.392 e. The third kappa shape index (κ3) is 3.37. The molecule has 0 unspecified atom stereocenters. The predicted octanol–water partition coefficient (Wildman–Crippen LogP) is 2.14. The van der Waals surface area contributed by atoms with Crippen LogP contribution in [-0.4, -0.2) is 37.4 Å². The SMILES string of the molecule is Cn1cnnc1CN1C[C@@H](O)C[C@H]1c1ccc(C(F)(F)F)cc1. The molecule has 1 aromatic heterocycles. The molecule has 1 aliphatic heterocycles. The number of aromatic nitrogens is 3. The number of β-amino-alcohol motifs (C(OH)–C–C–N with tert-alkyl or cyclic N) is 1. The monoisotopic (exact) mass is 326 g/mol. The molecule has 5 nitrogen and oxygen atoms in total. The Morgan fingerprint density at radius 3 is 2.52 bits per heavy atom. The maximum atomic E-state index is 12.7. The number of nitrogens with zero attached hydrogens (tertiary/aromatic N) is 4. The molecule has 2 heterocycles. The van der Waals surface area contributed by atoms with Crippen LogP contribution in [0.4, 0.5) is 13.2 Å². The summed E-state index contributed by atoms with van der Waals surface area (Å²) in [5, 5.41) is 17.8. The summed E-state index contributed by atoms with van der Waals surface area (Å²) in [6.45, 7) is 0.942. The molecule has 0 bridgehead atoms. The van der Waals surface area contributed by atoms with Gasteiger partial charge in [0.05, 0.1) is 18.2 Å². The van der Waals surface area contributed by atoms with Gasteiger partial charge in [0, 0.05) is 19.6 Å². The van der Waals surface area contributed by atoms with E-state index in [9.17, 15) is 18.3 Å². The molecule has 1 saturated heterocycles. The quantitative estimate of drug-likeness (QED) is 0.939. The minimum atomic E-state index is -4.34. The lowest BCUT2D eigenvalue weighted by atomic mass is 10.0.